The van der Waals surface area contributed by atoms with E-state index in [4.69, 9.17) is 5.11 Å². The first-order chi connectivity index (χ1) is 6.00. The van der Waals surface area contributed by atoms with Crippen LogP contribution in [-0.2, 0) is 4.79 Å². The lowest BCUT2D eigenvalue weighted by Gasteiger charge is -2.19. The summed E-state index contributed by atoms with van der Waals surface area (Å²) < 4.78 is 0. The molecule has 1 aliphatic heterocycles. The van der Waals surface area contributed by atoms with Gasteiger partial charge in [-0.25, -0.2) is 0 Å². The Kier molecular flexibility index (Phi) is 3.27. The van der Waals surface area contributed by atoms with E-state index in [2.05, 4.69) is 10.2 Å². The van der Waals surface area contributed by atoms with Gasteiger partial charge in [-0.1, -0.05) is 13.8 Å². The van der Waals surface area contributed by atoms with Crippen LogP contribution in [0.2, 0.25) is 0 Å². The van der Waals surface area contributed by atoms with Crippen molar-refractivity contribution in [2.45, 2.75) is 25.9 Å². The topological polar surface area (TPSA) is 52.6 Å². The zero-order valence-corrected chi connectivity index (χ0v) is 8.45. The maximum Gasteiger partial charge on any atom is 0.309 e. The van der Waals surface area contributed by atoms with Gasteiger partial charge in [-0.05, 0) is 7.05 Å². The molecule has 0 spiro atoms. The van der Waals surface area contributed by atoms with Crippen LogP contribution in [0.5, 0.6) is 0 Å². The number of hydrogen-bond acceptors (Lipinski definition) is 3. The van der Waals surface area contributed by atoms with Crippen molar-refractivity contribution < 1.29 is 9.90 Å². The summed E-state index contributed by atoms with van der Waals surface area (Å²) in [5.41, 5.74) is 0. The van der Waals surface area contributed by atoms with Crippen LogP contribution in [0, 0.1) is 5.92 Å². The summed E-state index contributed by atoms with van der Waals surface area (Å²) in [5.74, 6) is -0.949. The summed E-state index contributed by atoms with van der Waals surface area (Å²) >= 11 is 0. The molecule has 1 fully saturated rings. The van der Waals surface area contributed by atoms with Crippen molar-refractivity contribution in [1.29, 1.82) is 0 Å². The van der Waals surface area contributed by atoms with Crippen LogP contribution in [-0.4, -0.2) is 48.2 Å². The monoisotopic (exact) mass is 186 g/mol. The Balaban J connectivity index is 2.55. The predicted molar refractivity (Wildman–Crippen MR) is 50.7 cm³/mol. The highest BCUT2D eigenvalue weighted by molar-refractivity contribution is 5.71. The number of likely N-dealkylation sites (tertiary alicyclic amines) is 1. The van der Waals surface area contributed by atoms with Crippen LogP contribution in [0.3, 0.4) is 0 Å². The number of aliphatic carboxylic acids is 1. The van der Waals surface area contributed by atoms with E-state index < -0.39 is 5.97 Å². The summed E-state index contributed by atoms with van der Waals surface area (Å²) in [5, 5.41) is 12.2. The van der Waals surface area contributed by atoms with Gasteiger partial charge in [0, 0.05) is 25.2 Å². The molecule has 2 N–H and O–H groups in total. The van der Waals surface area contributed by atoms with Crippen LogP contribution in [0.15, 0.2) is 0 Å². The molecule has 0 radical (unpaired) electrons. The van der Waals surface area contributed by atoms with Gasteiger partial charge in [-0.15, -0.1) is 0 Å². The van der Waals surface area contributed by atoms with E-state index in [9.17, 15) is 4.79 Å². The molecular weight excluding hydrogens is 168 g/mol. The minimum absolute atomic E-state index is 0.0995. The molecule has 1 rings (SSSR count). The molecule has 0 saturated carbocycles. The number of carboxylic acids is 1. The van der Waals surface area contributed by atoms with E-state index in [-0.39, 0.29) is 12.0 Å². The molecule has 0 aromatic carbocycles. The van der Waals surface area contributed by atoms with Crippen molar-refractivity contribution in [2.24, 2.45) is 5.92 Å². The molecule has 2 unspecified atom stereocenters. The molecule has 0 amide bonds. The number of likely N-dealkylation sites (N-methyl/N-ethyl adjacent to an activating group) is 1. The van der Waals surface area contributed by atoms with Crippen LogP contribution >= 0.6 is 0 Å². The fourth-order valence-electron chi connectivity index (χ4n) is 1.85. The average molecular weight is 186 g/mol. The highest BCUT2D eigenvalue weighted by Crippen LogP contribution is 2.15. The van der Waals surface area contributed by atoms with Gasteiger partial charge < -0.3 is 15.3 Å². The van der Waals surface area contributed by atoms with E-state index in [0.29, 0.717) is 12.6 Å². The Morgan fingerprint density at radius 2 is 2.15 bits per heavy atom. The molecule has 76 valence electrons. The van der Waals surface area contributed by atoms with Crippen molar-refractivity contribution in [2.75, 3.05) is 20.1 Å². The second kappa shape index (κ2) is 4.07. The maximum atomic E-state index is 10.9. The van der Waals surface area contributed by atoms with E-state index in [1.165, 1.54) is 0 Å². The molecule has 1 saturated heterocycles. The SMILES string of the molecule is CC(C)NC1CN(C)CC1C(=O)O. The molecule has 2 atom stereocenters. The van der Waals surface area contributed by atoms with Gasteiger partial charge in [0.25, 0.3) is 0 Å². The van der Waals surface area contributed by atoms with Crippen LogP contribution < -0.4 is 5.32 Å². The molecule has 1 aliphatic rings. The molecule has 13 heavy (non-hydrogen) atoms. The zero-order chi connectivity index (χ0) is 10.0. The molecule has 0 aromatic rings. The Labute approximate surface area is 78.9 Å². The first-order valence-corrected chi connectivity index (χ1v) is 4.68. The molecule has 4 nitrogen and oxygen atoms in total. The first-order valence-electron chi connectivity index (χ1n) is 4.68. The van der Waals surface area contributed by atoms with Gasteiger partial charge in [0.15, 0.2) is 0 Å². The molecule has 1 heterocycles. The van der Waals surface area contributed by atoms with Crippen LogP contribution in [0.4, 0.5) is 0 Å². The zero-order valence-electron chi connectivity index (χ0n) is 8.45. The minimum atomic E-state index is -0.692. The highest BCUT2D eigenvalue weighted by Gasteiger charge is 2.35. The quantitative estimate of drug-likeness (QED) is 0.651. The first kappa shape index (κ1) is 10.5. The number of rotatable bonds is 3. The third-order valence-corrected chi connectivity index (χ3v) is 2.37. The molecule has 4 heteroatoms. The summed E-state index contributed by atoms with van der Waals surface area (Å²) in [6.07, 6.45) is 0. The standard InChI is InChI=1S/C9H18N2O2/c1-6(2)10-8-5-11(3)4-7(8)9(12)13/h6-8,10H,4-5H2,1-3H3,(H,12,13). The van der Waals surface area contributed by atoms with Crippen LogP contribution in [0.25, 0.3) is 0 Å². The Hall–Kier alpha value is -0.610. The number of carbonyl (C=O) groups is 1. The number of hydrogen-bond donors (Lipinski definition) is 2. The lowest BCUT2D eigenvalue weighted by Crippen LogP contribution is -2.42. The fourth-order valence-corrected chi connectivity index (χ4v) is 1.85. The maximum absolute atomic E-state index is 10.9. The van der Waals surface area contributed by atoms with Gasteiger partial charge in [-0.2, -0.15) is 0 Å². The molecule has 0 bridgehead atoms. The lowest BCUT2D eigenvalue weighted by atomic mass is 10.0. The van der Waals surface area contributed by atoms with E-state index >= 15 is 0 Å². The van der Waals surface area contributed by atoms with Crippen LogP contribution in [0.1, 0.15) is 13.8 Å². The number of carboxylic acid groups (broad SMARTS) is 1. The third kappa shape index (κ3) is 2.67. The lowest BCUT2D eigenvalue weighted by molar-refractivity contribution is -0.141. The Bertz CT molecular complexity index is 194. The Morgan fingerprint density at radius 3 is 2.62 bits per heavy atom. The largest absolute Gasteiger partial charge is 0.481 e. The normalized spacial score (nSPS) is 29.8. The smallest absolute Gasteiger partial charge is 0.309 e. The number of nitrogens with one attached hydrogen (secondary N) is 1. The minimum Gasteiger partial charge on any atom is -0.481 e. The number of nitrogens with zero attached hydrogens (tertiary/aromatic N) is 1. The average Bonchev–Trinajstić information content (AvgIpc) is 2.29. The van der Waals surface area contributed by atoms with Crippen molar-refractivity contribution in [3.05, 3.63) is 0 Å². The molecule has 0 aromatic heterocycles. The summed E-state index contributed by atoms with van der Waals surface area (Å²) in [6.45, 7) is 5.56. The summed E-state index contributed by atoms with van der Waals surface area (Å²) in [4.78, 5) is 12.9. The predicted octanol–water partition coefficient (Wildman–Crippen LogP) is -0.000800. The Morgan fingerprint density at radius 1 is 1.54 bits per heavy atom. The van der Waals surface area contributed by atoms with Crippen molar-refractivity contribution in [3.63, 3.8) is 0 Å². The van der Waals surface area contributed by atoms with Crippen molar-refractivity contribution in [3.8, 4) is 0 Å². The molecule has 0 aliphatic carbocycles. The van der Waals surface area contributed by atoms with Gasteiger partial charge in [0.2, 0.25) is 0 Å². The summed E-state index contributed by atoms with van der Waals surface area (Å²) in [7, 11) is 1.96. The highest BCUT2D eigenvalue weighted by atomic mass is 16.4. The van der Waals surface area contributed by atoms with Gasteiger partial charge in [0.1, 0.15) is 0 Å². The second-order valence-electron chi connectivity index (χ2n) is 4.09. The molecular formula is C9H18N2O2. The van der Waals surface area contributed by atoms with Crippen molar-refractivity contribution in [1.82, 2.24) is 10.2 Å². The van der Waals surface area contributed by atoms with E-state index in [1.54, 1.807) is 0 Å². The second-order valence-corrected chi connectivity index (χ2v) is 4.09. The fraction of sp³-hybridized carbons (Fsp3) is 0.889. The van der Waals surface area contributed by atoms with Crippen molar-refractivity contribution >= 4 is 5.97 Å². The van der Waals surface area contributed by atoms with E-state index in [0.717, 1.165) is 6.54 Å². The van der Waals surface area contributed by atoms with Gasteiger partial charge in [-0.3, -0.25) is 4.79 Å². The third-order valence-electron chi connectivity index (χ3n) is 2.37. The summed E-state index contributed by atoms with van der Waals surface area (Å²) in [6, 6.07) is 0.445. The van der Waals surface area contributed by atoms with Gasteiger partial charge in [0.05, 0.1) is 5.92 Å². The van der Waals surface area contributed by atoms with Gasteiger partial charge >= 0.3 is 5.97 Å². The van der Waals surface area contributed by atoms with E-state index in [1.807, 2.05) is 20.9 Å².